The molecule has 29 heavy (non-hydrogen) atoms. The van der Waals surface area contributed by atoms with Crippen molar-refractivity contribution in [2.75, 3.05) is 24.6 Å². The van der Waals surface area contributed by atoms with Crippen molar-refractivity contribution >= 4 is 15.7 Å². The highest BCUT2D eigenvalue weighted by molar-refractivity contribution is 7.91. The fourth-order valence-electron chi connectivity index (χ4n) is 4.74. The van der Waals surface area contributed by atoms with Gasteiger partial charge in [0.25, 0.3) is 0 Å². The normalized spacial score (nSPS) is 26.6. The molecule has 1 saturated heterocycles. The molecule has 1 saturated carbocycles. The summed E-state index contributed by atoms with van der Waals surface area (Å²) in [5.74, 6) is 0.980. The van der Waals surface area contributed by atoms with Gasteiger partial charge in [-0.05, 0) is 42.6 Å². The van der Waals surface area contributed by atoms with E-state index < -0.39 is 15.9 Å². The second-order valence-corrected chi connectivity index (χ2v) is 11.7. The average Bonchev–Trinajstić information content (AvgIpc) is 2.71. The Labute approximate surface area is 176 Å². The summed E-state index contributed by atoms with van der Waals surface area (Å²) in [7, 11) is -2.98. The Bertz CT molecular complexity index is 770. The lowest BCUT2D eigenvalue weighted by Gasteiger charge is -2.40. The molecule has 0 bridgehead atoms. The fourth-order valence-corrected chi connectivity index (χ4v) is 5.97. The Morgan fingerprint density at radius 1 is 1.10 bits per heavy atom. The molecular formula is C23H36N2O3S. The number of sulfone groups is 1. The smallest absolute Gasteiger partial charge is 0.242 e. The zero-order chi connectivity index (χ0) is 21.1. The van der Waals surface area contributed by atoms with Crippen LogP contribution in [0.25, 0.3) is 0 Å². The third kappa shape index (κ3) is 5.60. The summed E-state index contributed by atoms with van der Waals surface area (Å²) < 4.78 is 23.7. The number of nitrogens with zero attached hydrogens (tertiary/aromatic N) is 1. The molecular weight excluding hydrogens is 384 g/mol. The van der Waals surface area contributed by atoms with E-state index in [0.717, 1.165) is 37.2 Å². The molecule has 6 heteroatoms. The highest BCUT2D eigenvalue weighted by Crippen LogP contribution is 2.40. The Morgan fingerprint density at radius 2 is 1.69 bits per heavy atom. The van der Waals surface area contributed by atoms with Crippen LogP contribution in [0, 0.1) is 11.3 Å². The van der Waals surface area contributed by atoms with Gasteiger partial charge < -0.3 is 5.32 Å². The largest absolute Gasteiger partial charge is 0.352 e. The molecule has 2 fully saturated rings. The van der Waals surface area contributed by atoms with Crippen molar-refractivity contribution in [1.29, 1.82) is 0 Å². The van der Waals surface area contributed by atoms with E-state index >= 15 is 0 Å². The van der Waals surface area contributed by atoms with Crippen LogP contribution < -0.4 is 5.32 Å². The van der Waals surface area contributed by atoms with Gasteiger partial charge in [-0.3, -0.25) is 9.69 Å². The summed E-state index contributed by atoms with van der Waals surface area (Å²) in [4.78, 5) is 15.3. The lowest BCUT2D eigenvalue weighted by molar-refractivity contribution is -0.127. The summed E-state index contributed by atoms with van der Waals surface area (Å²) >= 11 is 0. The van der Waals surface area contributed by atoms with Crippen LogP contribution in [0.4, 0.5) is 0 Å². The second-order valence-electron chi connectivity index (χ2n) is 9.40. The van der Waals surface area contributed by atoms with Crippen molar-refractivity contribution in [3.63, 3.8) is 0 Å². The number of rotatable bonds is 6. The van der Waals surface area contributed by atoms with Crippen molar-refractivity contribution < 1.29 is 13.2 Å². The van der Waals surface area contributed by atoms with Crippen molar-refractivity contribution in [2.24, 2.45) is 11.3 Å². The molecule has 1 aromatic carbocycles. The fraction of sp³-hybridized carbons (Fsp3) is 0.696. The van der Waals surface area contributed by atoms with Gasteiger partial charge in [0.1, 0.15) is 6.04 Å². The first kappa shape index (κ1) is 22.3. The predicted octanol–water partition coefficient (Wildman–Crippen LogP) is 3.57. The Balaban J connectivity index is 1.67. The van der Waals surface area contributed by atoms with Gasteiger partial charge in [0.2, 0.25) is 5.91 Å². The van der Waals surface area contributed by atoms with E-state index in [0.29, 0.717) is 18.5 Å². The summed E-state index contributed by atoms with van der Waals surface area (Å²) in [6.07, 6.45) is 5.54. The maximum Gasteiger partial charge on any atom is 0.242 e. The summed E-state index contributed by atoms with van der Waals surface area (Å²) in [5.41, 5.74) is 1.30. The van der Waals surface area contributed by atoms with Crippen molar-refractivity contribution in [1.82, 2.24) is 10.2 Å². The number of nitrogens with one attached hydrogen (secondary N) is 1. The van der Waals surface area contributed by atoms with Gasteiger partial charge in [-0.25, -0.2) is 8.42 Å². The minimum atomic E-state index is -2.98. The van der Waals surface area contributed by atoms with E-state index in [9.17, 15) is 13.2 Å². The first-order chi connectivity index (χ1) is 13.7. The minimum Gasteiger partial charge on any atom is -0.352 e. The standard InChI is InChI=1S/C23H36N2O3S/c1-4-23(2,3)19-10-12-20(13-11-19)24-22(26)21(18-8-6-5-7-9-18)25-14-16-29(27,28)17-15-25/h5-9,19-21H,4,10-17H2,1-3H3,(H,24,26). The third-order valence-corrected chi connectivity index (χ3v) is 8.81. The van der Waals surface area contributed by atoms with Crippen LogP contribution in [0.15, 0.2) is 30.3 Å². The number of hydrogen-bond donors (Lipinski definition) is 1. The van der Waals surface area contributed by atoms with E-state index in [4.69, 9.17) is 0 Å². The van der Waals surface area contributed by atoms with E-state index in [1.165, 1.54) is 6.42 Å². The molecule has 1 aromatic rings. The van der Waals surface area contributed by atoms with E-state index in [1.54, 1.807) is 0 Å². The molecule has 0 radical (unpaired) electrons. The zero-order valence-electron chi connectivity index (χ0n) is 18.1. The number of hydrogen-bond acceptors (Lipinski definition) is 4. The highest BCUT2D eigenvalue weighted by Gasteiger charge is 2.36. The predicted molar refractivity (Wildman–Crippen MR) is 117 cm³/mol. The van der Waals surface area contributed by atoms with E-state index in [1.807, 2.05) is 35.2 Å². The topological polar surface area (TPSA) is 66.5 Å². The maximum absolute atomic E-state index is 13.3. The summed E-state index contributed by atoms with van der Waals surface area (Å²) in [6.45, 7) is 7.79. The van der Waals surface area contributed by atoms with Crippen LogP contribution in [0.1, 0.15) is 64.5 Å². The second kappa shape index (κ2) is 9.17. The number of carbonyl (C=O) groups is 1. The third-order valence-electron chi connectivity index (χ3n) is 7.20. The number of carbonyl (C=O) groups excluding carboxylic acids is 1. The van der Waals surface area contributed by atoms with Crippen LogP contribution in [0.3, 0.4) is 0 Å². The molecule has 1 aliphatic carbocycles. The molecule has 1 amide bonds. The maximum atomic E-state index is 13.3. The molecule has 3 rings (SSSR count). The van der Waals surface area contributed by atoms with Crippen LogP contribution in [-0.2, 0) is 14.6 Å². The van der Waals surface area contributed by atoms with Crippen molar-refractivity contribution in [2.45, 2.75) is 65.0 Å². The van der Waals surface area contributed by atoms with Gasteiger partial charge in [-0.15, -0.1) is 0 Å². The molecule has 2 aliphatic rings. The molecule has 1 heterocycles. The van der Waals surface area contributed by atoms with Crippen LogP contribution in [0.5, 0.6) is 0 Å². The molecule has 1 atom stereocenters. The van der Waals surface area contributed by atoms with Gasteiger partial charge in [0, 0.05) is 19.1 Å². The molecule has 162 valence electrons. The Hall–Kier alpha value is -1.40. The molecule has 5 nitrogen and oxygen atoms in total. The summed E-state index contributed by atoms with van der Waals surface area (Å²) in [6, 6.07) is 9.54. The number of amides is 1. The quantitative estimate of drug-likeness (QED) is 0.764. The van der Waals surface area contributed by atoms with Crippen LogP contribution in [0.2, 0.25) is 0 Å². The monoisotopic (exact) mass is 420 g/mol. The molecule has 0 aromatic heterocycles. The van der Waals surface area contributed by atoms with Crippen LogP contribution >= 0.6 is 0 Å². The van der Waals surface area contributed by atoms with Crippen molar-refractivity contribution in [3.8, 4) is 0 Å². The zero-order valence-corrected chi connectivity index (χ0v) is 18.9. The highest BCUT2D eigenvalue weighted by atomic mass is 32.2. The Kier molecular flexibility index (Phi) is 7.05. The summed E-state index contributed by atoms with van der Waals surface area (Å²) in [5, 5.41) is 3.30. The van der Waals surface area contributed by atoms with Gasteiger partial charge in [-0.2, -0.15) is 0 Å². The first-order valence-corrected chi connectivity index (χ1v) is 12.8. The van der Waals surface area contributed by atoms with Crippen molar-refractivity contribution in [3.05, 3.63) is 35.9 Å². The lowest BCUT2D eigenvalue weighted by atomic mass is 9.69. The lowest BCUT2D eigenvalue weighted by Crippen LogP contribution is -2.50. The van der Waals surface area contributed by atoms with Gasteiger partial charge >= 0.3 is 0 Å². The SMILES string of the molecule is CCC(C)(C)C1CCC(NC(=O)C(c2ccccc2)N2CCS(=O)(=O)CC2)CC1. The molecule has 1 N–H and O–H groups in total. The number of benzene rings is 1. The average molecular weight is 421 g/mol. The van der Waals surface area contributed by atoms with Gasteiger partial charge in [0.05, 0.1) is 11.5 Å². The first-order valence-electron chi connectivity index (χ1n) is 11.0. The van der Waals surface area contributed by atoms with E-state index in [-0.39, 0.29) is 23.5 Å². The van der Waals surface area contributed by atoms with Gasteiger partial charge in [-0.1, -0.05) is 57.5 Å². The van der Waals surface area contributed by atoms with E-state index in [2.05, 4.69) is 26.1 Å². The molecule has 1 unspecified atom stereocenters. The van der Waals surface area contributed by atoms with Gasteiger partial charge in [0.15, 0.2) is 9.84 Å². The van der Waals surface area contributed by atoms with Crippen LogP contribution in [-0.4, -0.2) is 49.9 Å². The molecule has 1 aliphatic heterocycles. The Morgan fingerprint density at radius 3 is 2.24 bits per heavy atom. The molecule has 0 spiro atoms. The minimum absolute atomic E-state index is 0.00806.